The van der Waals surface area contributed by atoms with Crippen molar-refractivity contribution >= 4 is 19.8 Å². The summed E-state index contributed by atoms with van der Waals surface area (Å²) < 4.78 is 34.5. The first-order chi connectivity index (χ1) is 36.5. The Hall–Kier alpha value is -3.59. The second-order valence-corrected chi connectivity index (χ2v) is 22.1. The molecule has 0 rings (SSSR count). The predicted octanol–water partition coefficient (Wildman–Crippen LogP) is 18.8. The highest BCUT2D eigenvalue weighted by molar-refractivity contribution is 7.47. The van der Waals surface area contributed by atoms with Gasteiger partial charge in [0.25, 0.3) is 0 Å². The second-order valence-electron chi connectivity index (χ2n) is 20.6. The zero-order valence-electron chi connectivity index (χ0n) is 48.5. The molecule has 10 heteroatoms. The molecule has 0 saturated heterocycles. The van der Waals surface area contributed by atoms with Crippen LogP contribution in [-0.2, 0) is 32.7 Å². The average Bonchev–Trinajstić information content (AvgIpc) is 3.37. The van der Waals surface area contributed by atoms with E-state index in [1.807, 2.05) is 21.1 Å². The summed E-state index contributed by atoms with van der Waals surface area (Å²) in [5.74, 6) is -0.822. The van der Waals surface area contributed by atoms with Gasteiger partial charge in [0.2, 0.25) is 0 Å². The summed E-state index contributed by atoms with van der Waals surface area (Å²) >= 11 is 0. The van der Waals surface area contributed by atoms with Gasteiger partial charge >= 0.3 is 19.8 Å². The molecule has 0 aliphatic rings. The standard InChI is InChI=1S/C65H110NO8P/c1-6-8-10-12-14-16-18-20-22-24-26-27-28-29-30-31-32-33-34-35-36-37-38-39-40-42-44-46-48-50-52-54-56-58-65(68)74-63(62-73-75(69,70)72-60-59-66(3,4)5)61-71-64(67)57-55-53-51-49-47-45-43-41-25-23-21-19-17-15-13-11-9-7-2/h8,10,14,16-17,19-20,22-23,25-27,29-30,32-33,35-36,38-39,63H,6-7,9,11-13,15,18,21,24,28,31,34,37,40-62H2,1-5H3/p+1/b10-8-,16-14-,19-17-,22-20-,25-23-,27-26-,30-29-,33-32-,36-35-,39-38-. The van der Waals surface area contributed by atoms with Crippen molar-refractivity contribution in [3.63, 3.8) is 0 Å². The Balaban J connectivity index is 4.20. The molecule has 0 fully saturated rings. The number of esters is 2. The summed E-state index contributed by atoms with van der Waals surface area (Å²) in [4.78, 5) is 35.7. The maximum atomic E-state index is 12.8. The molecule has 0 aliphatic carbocycles. The number of hydrogen-bond donors (Lipinski definition) is 1. The van der Waals surface area contributed by atoms with Crippen LogP contribution in [0.3, 0.4) is 0 Å². The molecule has 9 nitrogen and oxygen atoms in total. The van der Waals surface area contributed by atoms with Crippen molar-refractivity contribution in [1.29, 1.82) is 0 Å². The van der Waals surface area contributed by atoms with Gasteiger partial charge in [0.15, 0.2) is 6.10 Å². The lowest BCUT2D eigenvalue weighted by Crippen LogP contribution is -2.37. The van der Waals surface area contributed by atoms with Crippen molar-refractivity contribution in [3.05, 3.63) is 122 Å². The molecule has 428 valence electrons. The van der Waals surface area contributed by atoms with E-state index in [9.17, 15) is 19.0 Å². The summed E-state index contributed by atoms with van der Waals surface area (Å²) in [5, 5.41) is 0. The molecule has 0 bridgehead atoms. The Morgan fingerprint density at radius 2 is 0.760 bits per heavy atom. The minimum absolute atomic E-state index is 0.0224. The van der Waals surface area contributed by atoms with Crippen LogP contribution in [0.25, 0.3) is 0 Å². The van der Waals surface area contributed by atoms with Gasteiger partial charge in [-0.05, 0) is 109 Å². The molecule has 2 unspecified atom stereocenters. The van der Waals surface area contributed by atoms with Gasteiger partial charge in [0.05, 0.1) is 27.7 Å². The molecule has 0 amide bonds. The van der Waals surface area contributed by atoms with E-state index in [-0.39, 0.29) is 32.0 Å². The monoisotopic (exact) mass is 1060 g/mol. The third-order valence-corrected chi connectivity index (χ3v) is 13.2. The number of ether oxygens (including phenoxy) is 2. The number of quaternary nitrogens is 1. The molecule has 0 heterocycles. The minimum Gasteiger partial charge on any atom is -0.462 e. The topological polar surface area (TPSA) is 108 Å². The van der Waals surface area contributed by atoms with E-state index in [0.29, 0.717) is 17.4 Å². The van der Waals surface area contributed by atoms with Crippen LogP contribution in [0.1, 0.15) is 226 Å². The Bertz CT molecular complexity index is 1680. The van der Waals surface area contributed by atoms with E-state index in [4.69, 9.17) is 18.5 Å². The first-order valence-corrected chi connectivity index (χ1v) is 31.3. The molecule has 1 N–H and O–H groups in total. The lowest BCUT2D eigenvalue weighted by Gasteiger charge is -2.24. The largest absolute Gasteiger partial charge is 0.472 e. The van der Waals surface area contributed by atoms with Crippen molar-refractivity contribution in [2.45, 2.75) is 232 Å². The molecular weight excluding hydrogens is 954 g/mol. The number of nitrogens with zero attached hydrogens (tertiary/aromatic N) is 1. The van der Waals surface area contributed by atoms with Crippen LogP contribution in [0.4, 0.5) is 0 Å². The van der Waals surface area contributed by atoms with Crippen molar-refractivity contribution in [2.75, 3.05) is 47.5 Å². The number of phosphoric acid groups is 1. The van der Waals surface area contributed by atoms with Crippen LogP contribution in [0.2, 0.25) is 0 Å². The van der Waals surface area contributed by atoms with Gasteiger partial charge in [0, 0.05) is 12.8 Å². The fourth-order valence-corrected chi connectivity index (χ4v) is 8.39. The highest BCUT2D eigenvalue weighted by Gasteiger charge is 2.27. The van der Waals surface area contributed by atoms with Crippen molar-refractivity contribution in [3.8, 4) is 0 Å². The first kappa shape index (κ1) is 71.4. The minimum atomic E-state index is -4.40. The van der Waals surface area contributed by atoms with Gasteiger partial charge in [-0.1, -0.05) is 225 Å². The van der Waals surface area contributed by atoms with Gasteiger partial charge in [-0.2, -0.15) is 0 Å². The maximum Gasteiger partial charge on any atom is 0.472 e. The summed E-state index contributed by atoms with van der Waals surface area (Å²) in [7, 11) is 1.45. The number of hydrogen-bond acceptors (Lipinski definition) is 7. The molecule has 0 saturated carbocycles. The van der Waals surface area contributed by atoms with E-state index >= 15 is 0 Å². The van der Waals surface area contributed by atoms with Crippen LogP contribution in [0.5, 0.6) is 0 Å². The van der Waals surface area contributed by atoms with E-state index in [1.165, 1.54) is 77.0 Å². The number of carbonyl (C=O) groups excluding carboxylic acids is 2. The summed E-state index contributed by atoms with van der Waals surface area (Å²) in [6.07, 6.45) is 78.3. The van der Waals surface area contributed by atoms with Crippen molar-refractivity contribution in [2.24, 2.45) is 0 Å². The van der Waals surface area contributed by atoms with Crippen LogP contribution < -0.4 is 0 Å². The zero-order chi connectivity index (χ0) is 54.9. The number of unbranched alkanes of at least 4 members (excludes halogenated alkanes) is 19. The third-order valence-electron chi connectivity index (χ3n) is 12.2. The van der Waals surface area contributed by atoms with Crippen molar-refractivity contribution < 1.29 is 42.1 Å². The number of likely N-dealkylation sites (N-methyl/N-ethyl adjacent to an activating group) is 1. The van der Waals surface area contributed by atoms with Gasteiger partial charge in [-0.15, -0.1) is 0 Å². The maximum absolute atomic E-state index is 12.8. The fraction of sp³-hybridized carbons (Fsp3) is 0.662. The first-order valence-electron chi connectivity index (χ1n) is 29.8. The summed E-state index contributed by atoms with van der Waals surface area (Å²) in [6, 6.07) is 0. The van der Waals surface area contributed by atoms with E-state index in [0.717, 1.165) is 116 Å². The quantitative estimate of drug-likeness (QED) is 0.0211. The average molecular weight is 1070 g/mol. The van der Waals surface area contributed by atoms with Crippen LogP contribution in [-0.4, -0.2) is 74.9 Å². The number of phosphoric ester groups is 1. The zero-order valence-corrected chi connectivity index (χ0v) is 49.4. The van der Waals surface area contributed by atoms with Crippen LogP contribution in [0.15, 0.2) is 122 Å². The number of carbonyl (C=O) groups is 2. The summed E-state index contributed by atoms with van der Waals surface area (Å²) in [6.45, 7) is 4.27. The molecule has 0 radical (unpaired) electrons. The van der Waals surface area contributed by atoms with Gasteiger partial charge in [-0.25, -0.2) is 4.57 Å². The Kier molecular flexibility index (Phi) is 52.5. The molecule has 2 atom stereocenters. The Morgan fingerprint density at radius 1 is 0.427 bits per heavy atom. The van der Waals surface area contributed by atoms with Gasteiger partial charge in [0.1, 0.15) is 19.8 Å². The molecular formula is C65H111NO8P+. The highest BCUT2D eigenvalue weighted by atomic mass is 31.2. The van der Waals surface area contributed by atoms with E-state index in [1.54, 1.807) is 0 Å². The number of allylic oxidation sites excluding steroid dienone is 20. The van der Waals surface area contributed by atoms with Crippen molar-refractivity contribution in [1.82, 2.24) is 0 Å². The summed E-state index contributed by atoms with van der Waals surface area (Å²) in [5.41, 5.74) is 0. The normalized spacial score (nSPS) is 14.2. The van der Waals surface area contributed by atoms with E-state index < -0.39 is 26.5 Å². The molecule has 0 aromatic rings. The third kappa shape index (κ3) is 59.5. The van der Waals surface area contributed by atoms with E-state index in [2.05, 4.69) is 135 Å². The van der Waals surface area contributed by atoms with Gasteiger partial charge in [-0.3, -0.25) is 18.6 Å². The van der Waals surface area contributed by atoms with Crippen LogP contribution in [0, 0.1) is 0 Å². The molecule has 0 aromatic heterocycles. The Labute approximate surface area is 460 Å². The molecule has 75 heavy (non-hydrogen) atoms. The molecule has 0 spiro atoms. The SMILES string of the molecule is CC/C=C\C/C=C\C/C=C\C/C=C\C/C=C\C/C=C\C/C=C\C/C=C\CCCCCCCCCCC(=O)OC(COC(=O)CCCCCCCCC/C=C\C/C=C\CCCCCC)COP(=O)(O)OCC[N+](C)(C)C. The molecule has 0 aromatic carbocycles. The fourth-order valence-electron chi connectivity index (χ4n) is 7.65. The predicted molar refractivity (Wildman–Crippen MR) is 321 cm³/mol. The lowest BCUT2D eigenvalue weighted by atomic mass is 10.1. The number of rotatable bonds is 53. The second kappa shape index (κ2) is 55.2. The lowest BCUT2D eigenvalue weighted by molar-refractivity contribution is -0.870. The highest BCUT2D eigenvalue weighted by Crippen LogP contribution is 2.43. The van der Waals surface area contributed by atoms with Gasteiger partial charge < -0.3 is 18.9 Å². The smallest absolute Gasteiger partial charge is 0.462 e. The molecule has 0 aliphatic heterocycles. The van der Waals surface area contributed by atoms with Crippen LogP contribution >= 0.6 is 7.82 Å². The Morgan fingerprint density at radius 3 is 1.13 bits per heavy atom.